The van der Waals surface area contributed by atoms with E-state index in [1.54, 1.807) is 30.3 Å². The molecule has 4 rings (SSSR count). The van der Waals surface area contributed by atoms with E-state index in [1.807, 2.05) is 31.2 Å². The van der Waals surface area contributed by atoms with E-state index in [9.17, 15) is 19.7 Å². The quantitative estimate of drug-likeness (QED) is 0.238. The Kier molecular flexibility index (Phi) is 6.18. The van der Waals surface area contributed by atoms with Gasteiger partial charge in [-0.25, -0.2) is 4.79 Å². The highest BCUT2D eigenvalue weighted by atomic mass is 79.9. The molecule has 10 heteroatoms. The van der Waals surface area contributed by atoms with Crippen LogP contribution >= 0.6 is 15.9 Å². The van der Waals surface area contributed by atoms with Crippen LogP contribution in [0.15, 0.2) is 79.8 Å². The van der Waals surface area contributed by atoms with Gasteiger partial charge < -0.3 is 9.72 Å². The standard InChI is InChI=1S/C23H17BrN4O5/c1-14-5-4-6-15(9-14)13-33-21-16(10-17(24)11-20(21)28(31)32)12-25-27-22(29)18-7-2-3-8-19(18)26-23(27)30/h2-12H,13H2,1H3,(H,26,30). The summed E-state index contributed by atoms with van der Waals surface area (Å²) >= 11 is 3.25. The Morgan fingerprint density at radius 3 is 2.70 bits per heavy atom. The third-order valence-corrected chi connectivity index (χ3v) is 5.28. The molecule has 0 atom stereocenters. The number of aromatic nitrogens is 2. The van der Waals surface area contributed by atoms with Gasteiger partial charge in [0.1, 0.15) is 6.61 Å². The van der Waals surface area contributed by atoms with Crippen molar-refractivity contribution in [2.45, 2.75) is 13.5 Å². The maximum absolute atomic E-state index is 12.7. The van der Waals surface area contributed by atoms with Gasteiger partial charge in [0.05, 0.1) is 22.0 Å². The molecular formula is C23H17BrN4O5. The van der Waals surface area contributed by atoms with Gasteiger partial charge in [-0.05, 0) is 30.7 Å². The summed E-state index contributed by atoms with van der Waals surface area (Å²) in [5.74, 6) is -0.0290. The van der Waals surface area contributed by atoms with E-state index in [2.05, 4.69) is 26.0 Å². The summed E-state index contributed by atoms with van der Waals surface area (Å²) in [5, 5.41) is 16.0. The van der Waals surface area contributed by atoms with Crippen LogP contribution in [0.25, 0.3) is 10.9 Å². The fourth-order valence-electron chi connectivity index (χ4n) is 3.32. The molecule has 166 valence electrons. The van der Waals surface area contributed by atoms with Crippen molar-refractivity contribution in [2.75, 3.05) is 0 Å². The van der Waals surface area contributed by atoms with Crippen molar-refractivity contribution in [2.24, 2.45) is 5.10 Å². The minimum absolute atomic E-state index is 0.0290. The largest absolute Gasteiger partial charge is 0.481 e. The maximum atomic E-state index is 12.7. The zero-order chi connectivity index (χ0) is 23.5. The molecule has 0 amide bonds. The number of nitro benzene ring substituents is 1. The Balaban J connectivity index is 1.78. The van der Waals surface area contributed by atoms with Crippen molar-refractivity contribution in [3.63, 3.8) is 0 Å². The predicted molar refractivity (Wildman–Crippen MR) is 128 cm³/mol. The minimum Gasteiger partial charge on any atom is -0.481 e. The maximum Gasteiger partial charge on any atom is 0.349 e. The van der Waals surface area contributed by atoms with Gasteiger partial charge in [-0.2, -0.15) is 5.10 Å². The van der Waals surface area contributed by atoms with Gasteiger partial charge in [-0.3, -0.25) is 14.9 Å². The first-order valence-corrected chi connectivity index (χ1v) is 10.6. The summed E-state index contributed by atoms with van der Waals surface area (Å²) in [7, 11) is 0. The molecule has 0 radical (unpaired) electrons. The van der Waals surface area contributed by atoms with E-state index in [-0.39, 0.29) is 29.0 Å². The van der Waals surface area contributed by atoms with Gasteiger partial charge >= 0.3 is 11.4 Å². The summed E-state index contributed by atoms with van der Waals surface area (Å²) in [5.41, 5.74) is 0.843. The van der Waals surface area contributed by atoms with E-state index in [0.29, 0.717) is 14.7 Å². The fourth-order valence-corrected chi connectivity index (χ4v) is 3.79. The number of benzene rings is 3. The first-order valence-electron chi connectivity index (χ1n) is 9.78. The Bertz CT molecular complexity index is 1520. The van der Waals surface area contributed by atoms with Gasteiger partial charge in [0.15, 0.2) is 0 Å². The van der Waals surface area contributed by atoms with Crippen LogP contribution in [-0.4, -0.2) is 20.8 Å². The van der Waals surface area contributed by atoms with Crippen molar-refractivity contribution < 1.29 is 9.66 Å². The summed E-state index contributed by atoms with van der Waals surface area (Å²) in [6.45, 7) is 2.02. The third kappa shape index (κ3) is 4.75. The monoisotopic (exact) mass is 508 g/mol. The second-order valence-corrected chi connectivity index (χ2v) is 8.13. The average molecular weight is 509 g/mol. The summed E-state index contributed by atoms with van der Waals surface area (Å²) < 4.78 is 6.90. The number of fused-ring (bicyclic) bond motifs is 1. The number of rotatable bonds is 6. The van der Waals surface area contributed by atoms with Gasteiger partial charge in [0.2, 0.25) is 5.75 Å². The summed E-state index contributed by atoms with van der Waals surface area (Å²) in [4.78, 5) is 38.8. The number of nitrogens with zero attached hydrogens (tertiary/aromatic N) is 3. The minimum atomic E-state index is -0.735. The number of halogens is 1. The lowest BCUT2D eigenvalue weighted by atomic mass is 10.1. The molecule has 0 aliphatic carbocycles. The Labute approximate surface area is 195 Å². The number of hydrogen-bond acceptors (Lipinski definition) is 6. The molecule has 4 aromatic rings. The van der Waals surface area contributed by atoms with E-state index < -0.39 is 16.2 Å². The molecule has 0 saturated carbocycles. The van der Waals surface area contributed by atoms with E-state index in [4.69, 9.17) is 4.74 Å². The van der Waals surface area contributed by atoms with Crippen LogP contribution < -0.4 is 16.0 Å². The van der Waals surface area contributed by atoms with Crippen molar-refractivity contribution in [1.29, 1.82) is 0 Å². The average Bonchev–Trinajstić information content (AvgIpc) is 2.78. The fraction of sp³-hybridized carbons (Fsp3) is 0.0870. The van der Waals surface area contributed by atoms with Gasteiger partial charge in [-0.15, -0.1) is 4.68 Å². The van der Waals surface area contributed by atoms with E-state index in [0.717, 1.165) is 11.1 Å². The second-order valence-electron chi connectivity index (χ2n) is 7.22. The molecule has 1 heterocycles. The molecule has 0 fully saturated rings. The van der Waals surface area contributed by atoms with Crippen LogP contribution in [0.4, 0.5) is 5.69 Å². The molecule has 3 aromatic carbocycles. The van der Waals surface area contributed by atoms with Crippen LogP contribution in [0.5, 0.6) is 5.75 Å². The lowest BCUT2D eigenvalue weighted by Gasteiger charge is -2.11. The van der Waals surface area contributed by atoms with Crippen LogP contribution in [-0.2, 0) is 6.61 Å². The topological polar surface area (TPSA) is 120 Å². The lowest BCUT2D eigenvalue weighted by molar-refractivity contribution is -0.386. The van der Waals surface area contributed by atoms with Crippen LogP contribution in [0.3, 0.4) is 0 Å². The molecular weight excluding hydrogens is 492 g/mol. The number of para-hydroxylation sites is 1. The summed E-state index contributed by atoms with van der Waals surface area (Å²) in [6, 6.07) is 17.0. The van der Waals surface area contributed by atoms with Crippen molar-refractivity contribution in [1.82, 2.24) is 9.66 Å². The third-order valence-electron chi connectivity index (χ3n) is 4.82. The molecule has 9 nitrogen and oxygen atoms in total. The zero-order valence-electron chi connectivity index (χ0n) is 17.3. The predicted octanol–water partition coefficient (Wildman–Crippen LogP) is 4.13. The first kappa shape index (κ1) is 22.2. The molecule has 0 aliphatic heterocycles. The molecule has 33 heavy (non-hydrogen) atoms. The van der Waals surface area contributed by atoms with E-state index >= 15 is 0 Å². The molecule has 0 bridgehead atoms. The molecule has 0 unspecified atom stereocenters. The number of nitrogens with one attached hydrogen (secondary N) is 1. The Morgan fingerprint density at radius 2 is 1.94 bits per heavy atom. The number of hydrogen-bond donors (Lipinski definition) is 1. The molecule has 0 aliphatic rings. The number of H-pyrrole nitrogens is 1. The molecule has 0 saturated heterocycles. The Hall–Kier alpha value is -4.05. The van der Waals surface area contributed by atoms with Gasteiger partial charge in [0, 0.05) is 16.1 Å². The second kappa shape index (κ2) is 9.21. The van der Waals surface area contributed by atoms with Crippen LogP contribution in [0.2, 0.25) is 0 Å². The zero-order valence-corrected chi connectivity index (χ0v) is 18.9. The van der Waals surface area contributed by atoms with Crippen LogP contribution in [0.1, 0.15) is 16.7 Å². The first-order chi connectivity index (χ1) is 15.8. The van der Waals surface area contributed by atoms with Gasteiger partial charge in [0.25, 0.3) is 5.56 Å². The highest BCUT2D eigenvalue weighted by molar-refractivity contribution is 9.10. The highest BCUT2D eigenvalue weighted by Crippen LogP contribution is 2.34. The summed E-state index contributed by atoms with van der Waals surface area (Å²) in [6.07, 6.45) is 1.19. The number of aromatic amines is 1. The van der Waals surface area contributed by atoms with Crippen molar-refractivity contribution in [3.05, 3.63) is 113 Å². The normalized spacial score (nSPS) is 11.2. The van der Waals surface area contributed by atoms with Crippen LogP contribution in [0, 0.1) is 17.0 Å². The van der Waals surface area contributed by atoms with Gasteiger partial charge in [-0.1, -0.05) is 57.9 Å². The van der Waals surface area contributed by atoms with Crippen molar-refractivity contribution >= 4 is 38.7 Å². The molecule has 0 spiro atoms. The molecule has 1 aromatic heterocycles. The number of nitro groups is 1. The van der Waals surface area contributed by atoms with E-state index in [1.165, 1.54) is 12.3 Å². The lowest BCUT2D eigenvalue weighted by Crippen LogP contribution is -2.32. The highest BCUT2D eigenvalue weighted by Gasteiger charge is 2.21. The smallest absolute Gasteiger partial charge is 0.349 e. The number of aryl methyl sites for hydroxylation is 1. The molecule has 1 N–H and O–H groups in total. The Morgan fingerprint density at radius 1 is 1.15 bits per heavy atom. The SMILES string of the molecule is Cc1cccc(COc2c(C=Nn3c(=O)[nH]c4ccccc4c3=O)cc(Br)cc2[N+](=O)[O-])c1. The number of ether oxygens (including phenoxy) is 1. The van der Waals surface area contributed by atoms with Crippen molar-refractivity contribution in [3.8, 4) is 5.75 Å².